The van der Waals surface area contributed by atoms with Crippen molar-refractivity contribution in [3.63, 3.8) is 0 Å². The molecule has 0 aliphatic carbocycles. The van der Waals surface area contributed by atoms with Crippen molar-refractivity contribution in [1.29, 1.82) is 0 Å². The fourth-order valence-electron chi connectivity index (χ4n) is 2.01. The second-order valence-corrected chi connectivity index (χ2v) is 5.82. The third kappa shape index (κ3) is 3.00. The molecule has 0 bridgehead atoms. The lowest BCUT2D eigenvalue weighted by Gasteiger charge is -2.30. The Labute approximate surface area is 106 Å². The van der Waals surface area contributed by atoms with Gasteiger partial charge in [0, 0.05) is 23.0 Å². The van der Waals surface area contributed by atoms with Crippen LogP contribution in [0.4, 0.5) is 4.39 Å². The van der Waals surface area contributed by atoms with E-state index >= 15 is 0 Å². The molecule has 0 fully saturated rings. The van der Waals surface area contributed by atoms with Crippen molar-refractivity contribution in [3.05, 3.63) is 29.6 Å². The number of nitrogens with two attached hydrogens (primary N) is 1. The summed E-state index contributed by atoms with van der Waals surface area (Å²) in [6, 6.07) is 5.61. The van der Waals surface area contributed by atoms with Crippen LogP contribution >= 0.6 is 11.8 Å². The average Bonchev–Trinajstić information content (AvgIpc) is 2.29. The molecule has 3 atom stereocenters. The Hall–Kier alpha value is -0.580. The van der Waals surface area contributed by atoms with Gasteiger partial charge in [0.25, 0.3) is 0 Å². The number of rotatable bonds is 3. The molecule has 2 nitrogen and oxygen atoms in total. The van der Waals surface area contributed by atoms with Crippen LogP contribution in [0.25, 0.3) is 0 Å². The first-order chi connectivity index (χ1) is 8.08. The van der Waals surface area contributed by atoms with Crippen LogP contribution in [0.1, 0.15) is 31.9 Å². The van der Waals surface area contributed by atoms with Crippen molar-refractivity contribution < 1.29 is 4.39 Å². The highest BCUT2D eigenvalue weighted by atomic mass is 32.2. The summed E-state index contributed by atoms with van der Waals surface area (Å²) < 4.78 is 13.3. The summed E-state index contributed by atoms with van der Waals surface area (Å²) in [5.41, 5.74) is 6.94. The van der Waals surface area contributed by atoms with E-state index in [1.807, 2.05) is 13.0 Å². The van der Waals surface area contributed by atoms with Gasteiger partial charge in [-0.1, -0.05) is 0 Å². The highest BCUT2D eigenvalue weighted by Gasteiger charge is 2.23. The molecule has 3 unspecified atom stereocenters. The number of hydrogen-bond donors (Lipinski definition) is 2. The lowest BCUT2D eigenvalue weighted by molar-refractivity contribution is 0.400. The molecule has 1 aliphatic heterocycles. The minimum Gasteiger partial charge on any atom is -0.327 e. The Bertz CT molecular complexity index is 395. The van der Waals surface area contributed by atoms with E-state index in [2.05, 4.69) is 12.2 Å². The molecule has 1 aliphatic rings. The molecule has 3 N–H and O–H groups in total. The molecular formula is C13H19FN2S. The van der Waals surface area contributed by atoms with Crippen molar-refractivity contribution in [2.75, 3.05) is 5.75 Å². The van der Waals surface area contributed by atoms with E-state index in [1.165, 1.54) is 11.0 Å². The van der Waals surface area contributed by atoms with Crippen molar-refractivity contribution >= 4 is 11.8 Å². The maximum absolute atomic E-state index is 13.3. The zero-order chi connectivity index (χ0) is 12.4. The van der Waals surface area contributed by atoms with E-state index in [-0.39, 0.29) is 23.9 Å². The quantitative estimate of drug-likeness (QED) is 0.871. The van der Waals surface area contributed by atoms with E-state index in [0.29, 0.717) is 0 Å². The van der Waals surface area contributed by atoms with Gasteiger partial charge in [-0.2, -0.15) is 0 Å². The van der Waals surface area contributed by atoms with Crippen molar-refractivity contribution in [3.8, 4) is 0 Å². The first-order valence-corrected chi connectivity index (χ1v) is 7.00. The lowest BCUT2D eigenvalue weighted by atomic mass is 10.0. The monoisotopic (exact) mass is 254 g/mol. The molecule has 0 saturated heterocycles. The standard InChI is InChI=1S/C13H19FN2S/c1-8(15)9(2)16-12-5-6-17-13-4-3-10(14)7-11(12)13/h3-4,7-9,12,16H,5-6,15H2,1-2H3. The topological polar surface area (TPSA) is 38.0 Å². The van der Waals surface area contributed by atoms with E-state index in [0.717, 1.165) is 17.7 Å². The van der Waals surface area contributed by atoms with E-state index in [9.17, 15) is 4.39 Å². The van der Waals surface area contributed by atoms with Crippen LogP contribution in [0.2, 0.25) is 0 Å². The maximum atomic E-state index is 13.3. The van der Waals surface area contributed by atoms with Crippen LogP contribution < -0.4 is 11.1 Å². The molecule has 0 saturated carbocycles. The van der Waals surface area contributed by atoms with Crippen LogP contribution in [0.15, 0.2) is 23.1 Å². The molecule has 0 aromatic heterocycles. The number of thioether (sulfide) groups is 1. The number of fused-ring (bicyclic) bond motifs is 1. The van der Waals surface area contributed by atoms with Gasteiger partial charge in [0.05, 0.1) is 0 Å². The third-order valence-corrected chi connectivity index (χ3v) is 4.39. The second kappa shape index (κ2) is 5.38. The normalized spacial score (nSPS) is 22.9. The highest BCUT2D eigenvalue weighted by molar-refractivity contribution is 7.99. The van der Waals surface area contributed by atoms with Gasteiger partial charge in [0.15, 0.2) is 0 Å². The zero-order valence-electron chi connectivity index (χ0n) is 10.2. The lowest BCUT2D eigenvalue weighted by Crippen LogP contribution is -2.43. The van der Waals surface area contributed by atoms with E-state index < -0.39 is 0 Å². The van der Waals surface area contributed by atoms with Crippen LogP contribution in [0.3, 0.4) is 0 Å². The van der Waals surface area contributed by atoms with E-state index in [1.54, 1.807) is 17.8 Å². The Morgan fingerprint density at radius 1 is 1.47 bits per heavy atom. The fourth-order valence-corrected chi connectivity index (χ4v) is 3.11. The van der Waals surface area contributed by atoms with Gasteiger partial charge in [-0.3, -0.25) is 0 Å². The molecule has 0 radical (unpaired) electrons. The van der Waals surface area contributed by atoms with Crippen molar-refractivity contribution in [2.45, 2.75) is 43.3 Å². The van der Waals surface area contributed by atoms with E-state index in [4.69, 9.17) is 5.73 Å². The summed E-state index contributed by atoms with van der Waals surface area (Å²) in [5.74, 6) is 0.911. The van der Waals surface area contributed by atoms with Crippen molar-refractivity contribution in [1.82, 2.24) is 5.32 Å². The van der Waals surface area contributed by atoms with Crippen LogP contribution in [0, 0.1) is 5.82 Å². The molecule has 17 heavy (non-hydrogen) atoms. The second-order valence-electron chi connectivity index (χ2n) is 4.69. The minimum absolute atomic E-state index is 0.0987. The molecule has 4 heteroatoms. The Balaban J connectivity index is 2.19. The highest BCUT2D eigenvalue weighted by Crippen LogP contribution is 2.36. The Morgan fingerprint density at radius 2 is 2.24 bits per heavy atom. The van der Waals surface area contributed by atoms with Crippen LogP contribution in [-0.2, 0) is 0 Å². The van der Waals surface area contributed by atoms with Gasteiger partial charge in [0.1, 0.15) is 5.82 Å². The minimum atomic E-state index is -0.161. The van der Waals surface area contributed by atoms with Crippen LogP contribution in [-0.4, -0.2) is 17.8 Å². The summed E-state index contributed by atoms with van der Waals surface area (Å²) >= 11 is 1.80. The summed E-state index contributed by atoms with van der Waals surface area (Å²) in [4.78, 5) is 1.19. The van der Waals surface area contributed by atoms with Gasteiger partial charge in [-0.25, -0.2) is 4.39 Å². The smallest absolute Gasteiger partial charge is 0.123 e. The zero-order valence-corrected chi connectivity index (χ0v) is 11.1. The Morgan fingerprint density at radius 3 is 2.94 bits per heavy atom. The van der Waals surface area contributed by atoms with Gasteiger partial charge in [-0.15, -0.1) is 11.8 Å². The largest absolute Gasteiger partial charge is 0.327 e. The predicted molar refractivity (Wildman–Crippen MR) is 70.7 cm³/mol. The van der Waals surface area contributed by atoms with Gasteiger partial charge in [0.2, 0.25) is 0 Å². The SMILES string of the molecule is CC(N)C(C)NC1CCSc2ccc(F)cc21. The molecule has 1 aromatic carbocycles. The maximum Gasteiger partial charge on any atom is 0.123 e. The third-order valence-electron chi connectivity index (χ3n) is 3.26. The molecule has 0 amide bonds. The average molecular weight is 254 g/mol. The number of halogens is 1. The molecule has 94 valence electrons. The van der Waals surface area contributed by atoms with Crippen LogP contribution in [0.5, 0.6) is 0 Å². The Kier molecular flexibility index (Phi) is 4.07. The first kappa shape index (κ1) is 12.9. The molecule has 1 heterocycles. The number of benzene rings is 1. The van der Waals surface area contributed by atoms with Gasteiger partial charge >= 0.3 is 0 Å². The first-order valence-electron chi connectivity index (χ1n) is 6.02. The molecular weight excluding hydrogens is 235 g/mol. The fraction of sp³-hybridized carbons (Fsp3) is 0.538. The molecule has 2 rings (SSSR count). The summed E-state index contributed by atoms with van der Waals surface area (Å²) in [6.07, 6.45) is 1.03. The summed E-state index contributed by atoms with van der Waals surface area (Å²) in [6.45, 7) is 4.06. The summed E-state index contributed by atoms with van der Waals surface area (Å²) in [5, 5.41) is 3.50. The molecule has 0 spiro atoms. The van der Waals surface area contributed by atoms with Gasteiger partial charge in [-0.05, 0) is 49.8 Å². The number of nitrogens with one attached hydrogen (secondary N) is 1. The van der Waals surface area contributed by atoms with Crippen molar-refractivity contribution in [2.24, 2.45) is 5.73 Å². The van der Waals surface area contributed by atoms with Gasteiger partial charge < -0.3 is 11.1 Å². The predicted octanol–water partition coefficient (Wildman–Crippen LogP) is 2.69. The summed E-state index contributed by atoms with van der Waals surface area (Å²) in [7, 11) is 0. The molecule has 1 aromatic rings. The number of hydrogen-bond acceptors (Lipinski definition) is 3.